The second-order valence-electron chi connectivity index (χ2n) is 4.13. The summed E-state index contributed by atoms with van der Waals surface area (Å²) in [4.78, 5) is 11.8. The second-order valence-corrected chi connectivity index (χ2v) is 4.57. The highest BCUT2D eigenvalue weighted by Crippen LogP contribution is 2.22. The van der Waals surface area contributed by atoms with Crippen LogP contribution in [0.5, 0.6) is 11.5 Å². The van der Waals surface area contributed by atoms with Crippen molar-refractivity contribution in [1.29, 1.82) is 0 Å². The molecule has 0 saturated carbocycles. The minimum Gasteiger partial charge on any atom is -0.508 e. The molecule has 0 unspecified atom stereocenters. The Bertz CT molecular complexity index is 669. The number of benzene rings is 2. The average molecular weight is 305 g/mol. The maximum absolute atomic E-state index is 11.8. The maximum atomic E-state index is 11.8. The Kier molecular flexibility index (Phi) is 4.79. The molecule has 2 rings (SSSR count). The number of carbonyl (C=O) groups excluding carboxylic acids is 1. The number of carbonyl (C=O) groups is 1. The zero-order valence-corrected chi connectivity index (χ0v) is 12.0. The van der Waals surface area contributed by atoms with Crippen LogP contribution in [-0.2, 0) is 0 Å². The van der Waals surface area contributed by atoms with Crippen LogP contribution in [0.1, 0.15) is 15.9 Å². The number of aromatic hydroxyl groups is 1. The fraction of sp³-hybridized carbons (Fsp3) is 0.0667. The molecular weight excluding hydrogens is 292 g/mol. The van der Waals surface area contributed by atoms with E-state index in [2.05, 4.69) is 10.5 Å². The van der Waals surface area contributed by atoms with Crippen LogP contribution in [-0.4, -0.2) is 24.3 Å². The molecule has 0 aromatic heterocycles. The molecule has 0 fully saturated rings. The van der Waals surface area contributed by atoms with Gasteiger partial charge in [-0.05, 0) is 36.4 Å². The van der Waals surface area contributed by atoms with Crippen LogP contribution in [0.2, 0.25) is 5.02 Å². The van der Waals surface area contributed by atoms with Gasteiger partial charge in [-0.2, -0.15) is 5.10 Å². The third-order valence-electron chi connectivity index (χ3n) is 2.69. The molecule has 0 bridgehead atoms. The van der Waals surface area contributed by atoms with Crippen LogP contribution >= 0.6 is 11.6 Å². The van der Waals surface area contributed by atoms with Crippen molar-refractivity contribution in [2.24, 2.45) is 5.10 Å². The predicted molar refractivity (Wildman–Crippen MR) is 81.2 cm³/mol. The monoisotopic (exact) mass is 304 g/mol. The number of nitrogens with zero attached hydrogens (tertiary/aromatic N) is 1. The van der Waals surface area contributed by atoms with Crippen LogP contribution in [0.3, 0.4) is 0 Å². The molecule has 2 N–H and O–H groups in total. The Balaban J connectivity index is 2.05. The van der Waals surface area contributed by atoms with E-state index < -0.39 is 0 Å². The van der Waals surface area contributed by atoms with E-state index in [1.165, 1.54) is 25.5 Å². The van der Waals surface area contributed by atoms with E-state index >= 15 is 0 Å². The largest absolute Gasteiger partial charge is 0.508 e. The van der Waals surface area contributed by atoms with Gasteiger partial charge in [-0.25, -0.2) is 5.43 Å². The van der Waals surface area contributed by atoms with Gasteiger partial charge in [-0.1, -0.05) is 11.6 Å². The van der Waals surface area contributed by atoms with Crippen LogP contribution < -0.4 is 10.2 Å². The summed E-state index contributed by atoms with van der Waals surface area (Å²) < 4.78 is 5.10. The molecule has 2 aromatic carbocycles. The van der Waals surface area contributed by atoms with Crippen molar-refractivity contribution in [3.63, 3.8) is 0 Å². The number of phenolic OH excluding ortho intramolecular Hbond substituents is 1. The molecule has 0 aliphatic carbocycles. The van der Waals surface area contributed by atoms with E-state index in [4.69, 9.17) is 16.3 Å². The minimum absolute atomic E-state index is 0.0919. The molecule has 2 aromatic rings. The normalized spacial score (nSPS) is 10.6. The molecule has 108 valence electrons. The third kappa shape index (κ3) is 3.97. The number of hydrogen-bond donors (Lipinski definition) is 2. The summed E-state index contributed by atoms with van der Waals surface area (Å²) in [5, 5.41) is 13.8. The number of phenols is 1. The van der Waals surface area contributed by atoms with Gasteiger partial charge in [0.2, 0.25) is 0 Å². The zero-order valence-electron chi connectivity index (χ0n) is 11.2. The second kappa shape index (κ2) is 6.76. The summed E-state index contributed by atoms with van der Waals surface area (Å²) in [6, 6.07) is 11.1. The van der Waals surface area contributed by atoms with Gasteiger partial charge in [-0.3, -0.25) is 4.79 Å². The van der Waals surface area contributed by atoms with Crippen LogP contribution in [0.15, 0.2) is 47.6 Å². The van der Waals surface area contributed by atoms with E-state index in [-0.39, 0.29) is 11.7 Å². The van der Waals surface area contributed by atoms with Crippen molar-refractivity contribution in [3.05, 3.63) is 58.6 Å². The highest BCUT2D eigenvalue weighted by molar-refractivity contribution is 6.30. The Morgan fingerprint density at radius 2 is 2.00 bits per heavy atom. The lowest BCUT2D eigenvalue weighted by Crippen LogP contribution is -2.17. The fourth-order valence-corrected chi connectivity index (χ4v) is 1.76. The number of rotatable bonds is 4. The summed E-state index contributed by atoms with van der Waals surface area (Å²) in [7, 11) is 1.48. The number of ether oxygens (including phenoxy) is 1. The van der Waals surface area contributed by atoms with Crippen molar-refractivity contribution in [2.75, 3.05) is 7.11 Å². The number of amides is 1. The maximum Gasteiger partial charge on any atom is 0.271 e. The summed E-state index contributed by atoms with van der Waals surface area (Å²) in [6.45, 7) is 0. The standard InChI is InChI=1S/C15H13ClN2O3/c1-21-14-8-13(19)7-4-11(14)9-17-18-15(20)10-2-5-12(16)6-3-10/h2-9,19H,1H3,(H,18,20)/b17-9-. The summed E-state index contributed by atoms with van der Waals surface area (Å²) in [6.07, 6.45) is 1.44. The lowest BCUT2D eigenvalue weighted by Gasteiger charge is -2.04. The topological polar surface area (TPSA) is 70.9 Å². The van der Waals surface area contributed by atoms with E-state index in [0.29, 0.717) is 21.9 Å². The summed E-state index contributed by atoms with van der Waals surface area (Å²) in [5.41, 5.74) is 3.49. The van der Waals surface area contributed by atoms with Crippen molar-refractivity contribution in [2.45, 2.75) is 0 Å². The Morgan fingerprint density at radius 3 is 2.67 bits per heavy atom. The SMILES string of the molecule is COc1cc(O)ccc1/C=N\NC(=O)c1ccc(Cl)cc1. The Morgan fingerprint density at radius 1 is 1.29 bits per heavy atom. The van der Waals surface area contributed by atoms with E-state index in [1.54, 1.807) is 30.3 Å². The molecule has 0 radical (unpaired) electrons. The van der Waals surface area contributed by atoms with Gasteiger partial charge in [0.05, 0.1) is 13.3 Å². The molecular formula is C15H13ClN2O3. The van der Waals surface area contributed by atoms with Gasteiger partial charge in [0.15, 0.2) is 0 Å². The van der Waals surface area contributed by atoms with Crippen molar-refractivity contribution in [3.8, 4) is 11.5 Å². The van der Waals surface area contributed by atoms with E-state index in [1.807, 2.05) is 0 Å². The van der Waals surface area contributed by atoms with Crippen molar-refractivity contribution >= 4 is 23.7 Å². The predicted octanol–water partition coefficient (Wildman–Crippen LogP) is 2.82. The van der Waals surface area contributed by atoms with Gasteiger partial charge in [0, 0.05) is 22.2 Å². The van der Waals surface area contributed by atoms with Crippen LogP contribution in [0.4, 0.5) is 0 Å². The van der Waals surface area contributed by atoms with E-state index in [9.17, 15) is 9.90 Å². The number of halogens is 1. The molecule has 0 atom stereocenters. The summed E-state index contributed by atoms with van der Waals surface area (Å²) >= 11 is 5.75. The molecule has 1 amide bonds. The van der Waals surface area contributed by atoms with Gasteiger partial charge < -0.3 is 9.84 Å². The van der Waals surface area contributed by atoms with Gasteiger partial charge in [0.1, 0.15) is 11.5 Å². The molecule has 0 aliphatic heterocycles. The van der Waals surface area contributed by atoms with Gasteiger partial charge >= 0.3 is 0 Å². The van der Waals surface area contributed by atoms with Crippen molar-refractivity contribution < 1.29 is 14.6 Å². The number of hydrogen-bond acceptors (Lipinski definition) is 4. The first-order valence-corrected chi connectivity index (χ1v) is 6.44. The third-order valence-corrected chi connectivity index (χ3v) is 2.95. The number of hydrazone groups is 1. The smallest absolute Gasteiger partial charge is 0.271 e. The molecule has 5 nitrogen and oxygen atoms in total. The molecule has 6 heteroatoms. The van der Waals surface area contributed by atoms with E-state index in [0.717, 1.165) is 0 Å². The van der Waals surface area contributed by atoms with Crippen molar-refractivity contribution in [1.82, 2.24) is 5.43 Å². The first-order chi connectivity index (χ1) is 10.1. The number of nitrogens with one attached hydrogen (secondary N) is 1. The molecule has 0 saturated heterocycles. The molecule has 0 heterocycles. The molecule has 21 heavy (non-hydrogen) atoms. The quantitative estimate of drug-likeness (QED) is 0.674. The molecule has 0 aliphatic rings. The minimum atomic E-state index is -0.347. The lowest BCUT2D eigenvalue weighted by atomic mass is 10.2. The van der Waals surface area contributed by atoms with Gasteiger partial charge in [-0.15, -0.1) is 0 Å². The van der Waals surface area contributed by atoms with Crippen LogP contribution in [0.25, 0.3) is 0 Å². The highest BCUT2D eigenvalue weighted by Gasteiger charge is 2.04. The number of methoxy groups -OCH3 is 1. The Labute approximate surface area is 126 Å². The highest BCUT2D eigenvalue weighted by atomic mass is 35.5. The Hall–Kier alpha value is -2.53. The summed E-state index contributed by atoms with van der Waals surface area (Å²) in [5.74, 6) is 0.203. The molecule has 0 spiro atoms. The fourth-order valence-electron chi connectivity index (χ4n) is 1.63. The van der Waals surface area contributed by atoms with Gasteiger partial charge in [0.25, 0.3) is 5.91 Å². The average Bonchev–Trinajstić information content (AvgIpc) is 2.49. The lowest BCUT2D eigenvalue weighted by molar-refractivity contribution is 0.0955. The van der Waals surface area contributed by atoms with Crippen LogP contribution in [0, 0.1) is 0 Å². The zero-order chi connectivity index (χ0) is 15.2. The first-order valence-electron chi connectivity index (χ1n) is 6.06. The first kappa shape index (κ1) is 14.9.